The molecule has 1 atom stereocenters. The summed E-state index contributed by atoms with van der Waals surface area (Å²) in [5, 5.41) is 3.53. The largest absolute Gasteiger partial charge is 0.487 e. The Balaban J connectivity index is 2.21. The number of hydrogen-bond acceptors (Lipinski definition) is 2. The molecule has 0 spiro atoms. The molecule has 1 N–H and O–H groups in total. The van der Waals surface area contributed by atoms with Crippen LogP contribution in [0.2, 0.25) is 0 Å². The molecule has 110 valence electrons. The molecule has 0 aromatic heterocycles. The lowest BCUT2D eigenvalue weighted by Gasteiger charge is -2.18. The van der Waals surface area contributed by atoms with E-state index in [1.165, 1.54) is 16.7 Å². The minimum atomic E-state index is -0.0771. The summed E-state index contributed by atoms with van der Waals surface area (Å²) in [6.07, 6.45) is 4.41. The molecule has 1 aliphatic heterocycles. The van der Waals surface area contributed by atoms with Gasteiger partial charge in [-0.15, -0.1) is 0 Å². The predicted molar refractivity (Wildman–Crippen MR) is 86.3 cm³/mol. The third kappa shape index (κ3) is 3.43. The molecule has 0 radical (unpaired) electrons. The van der Waals surface area contributed by atoms with Gasteiger partial charge >= 0.3 is 0 Å². The van der Waals surface area contributed by atoms with Crippen LogP contribution in [0.3, 0.4) is 0 Å². The maximum Gasteiger partial charge on any atom is 0.130 e. The normalized spacial score (nSPS) is 18.6. The first-order valence-electron chi connectivity index (χ1n) is 7.65. The Labute approximate surface area is 123 Å². The van der Waals surface area contributed by atoms with Crippen LogP contribution in [0.4, 0.5) is 0 Å². The van der Waals surface area contributed by atoms with Crippen LogP contribution >= 0.6 is 0 Å². The van der Waals surface area contributed by atoms with E-state index in [0.29, 0.717) is 6.04 Å². The maximum absolute atomic E-state index is 6.12. The Kier molecular flexibility index (Phi) is 4.54. The average molecular weight is 273 g/mol. The highest BCUT2D eigenvalue weighted by Crippen LogP contribution is 2.38. The van der Waals surface area contributed by atoms with Gasteiger partial charge < -0.3 is 10.1 Å². The smallest absolute Gasteiger partial charge is 0.130 e. The Morgan fingerprint density at radius 1 is 1.45 bits per heavy atom. The second kappa shape index (κ2) is 6.01. The third-order valence-electron chi connectivity index (χ3n) is 3.89. The number of ether oxygens (including phenoxy) is 1. The predicted octanol–water partition coefficient (Wildman–Crippen LogP) is 4.19. The number of nitrogens with one attached hydrogen (secondary N) is 1. The van der Waals surface area contributed by atoms with E-state index in [1.54, 1.807) is 0 Å². The van der Waals surface area contributed by atoms with Crippen LogP contribution in [0, 0.1) is 0 Å². The molecular formula is C18H27NO. The lowest BCUT2D eigenvalue weighted by molar-refractivity contribution is 0.138. The van der Waals surface area contributed by atoms with Crippen molar-refractivity contribution in [3.63, 3.8) is 0 Å². The number of hydrogen-bond donors (Lipinski definition) is 1. The number of fused-ring (bicyclic) bond motifs is 1. The third-order valence-corrected chi connectivity index (χ3v) is 3.89. The highest BCUT2D eigenvalue weighted by Gasteiger charge is 2.31. The van der Waals surface area contributed by atoms with Crippen molar-refractivity contribution in [2.75, 3.05) is 6.54 Å². The van der Waals surface area contributed by atoms with Crippen molar-refractivity contribution in [3.05, 3.63) is 34.9 Å². The first kappa shape index (κ1) is 15.1. The molecule has 1 aromatic rings. The van der Waals surface area contributed by atoms with E-state index in [4.69, 9.17) is 4.74 Å². The van der Waals surface area contributed by atoms with E-state index < -0.39 is 0 Å². The fourth-order valence-corrected chi connectivity index (χ4v) is 2.65. The number of rotatable bonds is 5. The summed E-state index contributed by atoms with van der Waals surface area (Å²) in [5.74, 6) is 1.07. The van der Waals surface area contributed by atoms with Crippen LogP contribution < -0.4 is 10.1 Å². The summed E-state index contributed by atoms with van der Waals surface area (Å²) in [4.78, 5) is 0. The minimum Gasteiger partial charge on any atom is -0.487 e. The molecule has 0 fully saturated rings. The molecule has 2 heteroatoms. The standard InChI is InChI=1S/C18H27NO/c1-6-10-19-14(3)13(2)11-15-8-7-9-16-12-18(4,5)20-17(15)16/h7-9,11,14,19H,6,10,12H2,1-5H3/b13-11+. The van der Waals surface area contributed by atoms with Gasteiger partial charge in [-0.25, -0.2) is 0 Å². The molecule has 0 amide bonds. The van der Waals surface area contributed by atoms with E-state index in [-0.39, 0.29) is 5.60 Å². The summed E-state index contributed by atoms with van der Waals surface area (Å²) in [6.45, 7) is 12.0. The van der Waals surface area contributed by atoms with Crippen molar-refractivity contribution < 1.29 is 4.74 Å². The molecular weight excluding hydrogens is 246 g/mol. The molecule has 20 heavy (non-hydrogen) atoms. The molecule has 0 saturated carbocycles. The lowest BCUT2D eigenvalue weighted by Crippen LogP contribution is -2.27. The van der Waals surface area contributed by atoms with Gasteiger partial charge in [0.15, 0.2) is 0 Å². The average Bonchev–Trinajstić information content (AvgIpc) is 2.71. The number of benzene rings is 1. The zero-order valence-corrected chi connectivity index (χ0v) is 13.4. The first-order valence-corrected chi connectivity index (χ1v) is 7.65. The molecule has 0 bridgehead atoms. The van der Waals surface area contributed by atoms with Crippen LogP contribution in [0.15, 0.2) is 23.8 Å². The molecule has 1 aromatic carbocycles. The van der Waals surface area contributed by atoms with Crippen LogP contribution in [0.5, 0.6) is 5.75 Å². The second-order valence-electron chi connectivity index (χ2n) is 6.44. The van der Waals surface area contributed by atoms with Gasteiger partial charge in [0.2, 0.25) is 0 Å². The highest BCUT2D eigenvalue weighted by molar-refractivity contribution is 5.63. The molecule has 0 aliphatic carbocycles. The Bertz CT molecular complexity index is 502. The zero-order chi connectivity index (χ0) is 14.8. The Hall–Kier alpha value is -1.28. The zero-order valence-electron chi connectivity index (χ0n) is 13.4. The van der Waals surface area contributed by atoms with Gasteiger partial charge in [-0.2, -0.15) is 0 Å². The van der Waals surface area contributed by atoms with Gasteiger partial charge in [0.05, 0.1) is 0 Å². The second-order valence-corrected chi connectivity index (χ2v) is 6.44. The Morgan fingerprint density at radius 3 is 2.90 bits per heavy atom. The molecule has 1 aliphatic rings. The van der Waals surface area contributed by atoms with Gasteiger partial charge in [0.25, 0.3) is 0 Å². The topological polar surface area (TPSA) is 21.3 Å². The summed E-state index contributed by atoms with van der Waals surface area (Å²) in [7, 11) is 0. The molecule has 1 unspecified atom stereocenters. The van der Waals surface area contributed by atoms with Crippen LogP contribution in [0.25, 0.3) is 6.08 Å². The Morgan fingerprint density at radius 2 is 2.20 bits per heavy atom. The van der Waals surface area contributed by atoms with Crippen LogP contribution in [0.1, 0.15) is 52.2 Å². The van der Waals surface area contributed by atoms with Crippen molar-refractivity contribution >= 4 is 6.08 Å². The van der Waals surface area contributed by atoms with E-state index >= 15 is 0 Å². The van der Waals surface area contributed by atoms with Gasteiger partial charge in [-0.3, -0.25) is 0 Å². The van der Waals surface area contributed by atoms with E-state index in [0.717, 1.165) is 25.1 Å². The molecule has 2 rings (SSSR count). The van der Waals surface area contributed by atoms with Crippen molar-refractivity contribution in [1.82, 2.24) is 5.32 Å². The summed E-state index contributed by atoms with van der Waals surface area (Å²) >= 11 is 0. The minimum absolute atomic E-state index is 0.0771. The first-order chi connectivity index (χ1) is 9.43. The van der Waals surface area contributed by atoms with Crippen LogP contribution in [-0.2, 0) is 6.42 Å². The SMILES string of the molecule is CCCNC(C)/C(C)=C/c1cccc2c1OC(C)(C)C2. The number of para-hydroxylation sites is 1. The highest BCUT2D eigenvalue weighted by atomic mass is 16.5. The van der Waals surface area contributed by atoms with Crippen molar-refractivity contribution in [2.45, 2.75) is 59.1 Å². The van der Waals surface area contributed by atoms with Gasteiger partial charge in [0, 0.05) is 18.0 Å². The van der Waals surface area contributed by atoms with Crippen molar-refractivity contribution in [2.24, 2.45) is 0 Å². The van der Waals surface area contributed by atoms with E-state index in [9.17, 15) is 0 Å². The van der Waals surface area contributed by atoms with Gasteiger partial charge in [-0.1, -0.05) is 36.8 Å². The fraction of sp³-hybridized carbons (Fsp3) is 0.556. The van der Waals surface area contributed by atoms with Gasteiger partial charge in [0.1, 0.15) is 11.4 Å². The van der Waals surface area contributed by atoms with E-state index in [1.807, 2.05) is 0 Å². The van der Waals surface area contributed by atoms with Crippen LogP contribution in [-0.4, -0.2) is 18.2 Å². The lowest BCUT2D eigenvalue weighted by atomic mass is 9.99. The van der Waals surface area contributed by atoms with E-state index in [2.05, 4.69) is 64.2 Å². The molecule has 2 nitrogen and oxygen atoms in total. The summed E-state index contributed by atoms with van der Waals surface area (Å²) < 4.78 is 6.12. The maximum atomic E-state index is 6.12. The quantitative estimate of drug-likeness (QED) is 0.868. The fourth-order valence-electron chi connectivity index (χ4n) is 2.65. The van der Waals surface area contributed by atoms with Crippen molar-refractivity contribution in [1.29, 1.82) is 0 Å². The summed E-state index contributed by atoms with van der Waals surface area (Å²) in [5.41, 5.74) is 3.80. The monoisotopic (exact) mass is 273 g/mol. The molecule has 1 heterocycles. The molecule has 0 saturated heterocycles. The summed E-state index contributed by atoms with van der Waals surface area (Å²) in [6, 6.07) is 6.86. The van der Waals surface area contributed by atoms with Crippen molar-refractivity contribution in [3.8, 4) is 5.75 Å². The van der Waals surface area contributed by atoms with Gasteiger partial charge in [-0.05, 0) is 46.2 Å².